The van der Waals surface area contributed by atoms with Crippen LogP contribution in [0.15, 0.2) is 60.9 Å². The van der Waals surface area contributed by atoms with Crippen molar-refractivity contribution in [2.45, 2.75) is 51.1 Å². The lowest BCUT2D eigenvalue weighted by Crippen LogP contribution is -2.48. The Morgan fingerprint density at radius 3 is 2.62 bits per heavy atom. The molecule has 7 heteroatoms. The second kappa shape index (κ2) is 10.9. The van der Waals surface area contributed by atoms with Crippen LogP contribution in [0.25, 0.3) is 28.3 Å². The van der Waals surface area contributed by atoms with E-state index >= 15 is 0 Å². The highest BCUT2D eigenvalue weighted by Crippen LogP contribution is 2.35. The van der Waals surface area contributed by atoms with Crippen molar-refractivity contribution in [3.8, 4) is 40.1 Å². The minimum absolute atomic E-state index is 0.0469. The van der Waals surface area contributed by atoms with Crippen LogP contribution in [0, 0.1) is 11.8 Å². The molecule has 0 radical (unpaired) electrons. The van der Waals surface area contributed by atoms with Crippen molar-refractivity contribution in [1.29, 1.82) is 0 Å². The first-order valence-corrected chi connectivity index (χ1v) is 13.7. The first kappa shape index (κ1) is 25.1. The molecule has 39 heavy (non-hydrogen) atoms. The summed E-state index contributed by atoms with van der Waals surface area (Å²) in [7, 11) is 1.65. The van der Waals surface area contributed by atoms with E-state index in [-0.39, 0.29) is 5.91 Å². The SMILES string of the molecule is CC#CC(=O)N1CCC(NC2CCc3cc(-c4nc5ncc(OC)cn5c4-c4ccccc4)ccc3C2)CC1. The number of nitrogens with one attached hydrogen (secondary N) is 1. The second-order valence-corrected chi connectivity index (χ2v) is 10.4. The van der Waals surface area contributed by atoms with Gasteiger partial charge in [-0.3, -0.25) is 9.20 Å². The van der Waals surface area contributed by atoms with Crippen molar-refractivity contribution in [2.24, 2.45) is 0 Å². The summed E-state index contributed by atoms with van der Waals surface area (Å²) in [5.74, 6) is 6.68. The molecular formula is C32H33N5O2. The maximum Gasteiger partial charge on any atom is 0.298 e. The van der Waals surface area contributed by atoms with Crippen LogP contribution in [0.3, 0.4) is 0 Å². The molecule has 1 N–H and O–H groups in total. The Morgan fingerprint density at radius 1 is 1.03 bits per heavy atom. The number of hydrogen-bond donors (Lipinski definition) is 1. The number of hydrogen-bond acceptors (Lipinski definition) is 5. The van der Waals surface area contributed by atoms with Gasteiger partial charge < -0.3 is 15.0 Å². The minimum atomic E-state index is -0.0469. The van der Waals surface area contributed by atoms with Gasteiger partial charge in [0.05, 0.1) is 30.9 Å². The first-order chi connectivity index (χ1) is 19.1. The quantitative estimate of drug-likeness (QED) is 0.392. The number of aryl methyl sites for hydroxylation is 1. The molecule has 1 saturated heterocycles. The third kappa shape index (κ3) is 5.13. The average molecular weight is 520 g/mol. The van der Waals surface area contributed by atoms with E-state index in [1.54, 1.807) is 20.2 Å². The molecular weight excluding hydrogens is 486 g/mol. The van der Waals surface area contributed by atoms with E-state index in [1.807, 2.05) is 33.7 Å². The second-order valence-electron chi connectivity index (χ2n) is 10.4. The lowest BCUT2D eigenvalue weighted by molar-refractivity contribution is -0.126. The molecule has 1 unspecified atom stereocenters. The first-order valence-electron chi connectivity index (χ1n) is 13.7. The Balaban J connectivity index is 1.21. The van der Waals surface area contributed by atoms with Gasteiger partial charge in [-0.25, -0.2) is 9.97 Å². The number of imidazole rings is 1. The maximum atomic E-state index is 12.1. The number of methoxy groups -OCH3 is 1. The Kier molecular flexibility index (Phi) is 7.04. The third-order valence-corrected chi connectivity index (χ3v) is 7.93. The van der Waals surface area contributed by atoms with Crippen molar-refractivity contribution >= 4 is 11.7 Å². The molecule has 1 fully saturated rings. The van der Waals surface area contributed by atoms with Gasteiger partial charge >= 0.3 is 0 Å². The van der Waals surface area contributed by atoms with Crippen LogP contribution < -0.4 is 10.1 Å². The molecule has 1 amide bonds. The number of piperidine rings is 1. The lowest BCUT2D eigenvalue weighted by Gasteiger charge is -2.35. The minimum Gasteiger partial charge on any atom is -0.494 e. The normalized spacial score (nSPS) is 17.4. The molecule has 1 aliphatic heterocycles. The van der Waals surface area contributed by atoms with Crippen molar-refractivity contribution in [3.05, 3.63) is 72.1 Å². The van der Waals surface area contributed by atoms with Crippen LogP contribution in [0.5, 0.6) is 5.75 Å². The number of carbonyl (C=O) groups excluding carboxylic acids is 1. The van der Waals surface area contributed by atoms with Crippen LogP contribution in [-0.4, -0.2) is 57.5 Å². The van der Waals surface area contributed by atoms with Gasteiger partial charge in [-0.1, -0.05) is 48.4 Å². The third-order valence-electron chi connectivity index (χ3n) is 7.93. The van der Waals surface area contributed by atoms with Crippen molar-refractivity contribution in [2.75, 3.05) is 20.2 Å². The largest absolute Gasteiger partial charge is 0.494 e. The van der Waals surface area contributed by atoms with Crippen molar-refractivity contribution in [3.63, 3.8) is 0 Å². The van der Waals surface area contributed by atoms with E-state index in [0.29, 0.717) is 23.6 Å². The fourth-order valence-electron chi connectivity index (χ4n) is 5.91. The number of benzene rings is 2. The Morgan fingerprint density at radius 2 is 1.85 bits per heavy atom. The molecule has 2 aromatic carbocycles. The molecule has 1 aliphatic carbocycles. The van der Waals surface area contributed by atoms with E-state index in [9.17, 15) is 4.79 Å². The zero-order chi connectivity index (χ0) is 26.8. The van der Waals surface area contributed by atoms with Crippen LogP contribution in [0.4, 0.5) is 0 Å². The predicted molar refractivity (Wildman–Crippen MR) is 152 cm³/mol. The van der Waals surface area contributed by atoms with E-state index in [0.717, 1.165) is 67.7 Å². The fourth-order valence-corrected chi connectivity index (χ4v) is 5.91. The molecule has 3 heterocycles. The van der Waals surface area contributed by atoms with Crippen molar-refractivity contribution in [1.82, 2.24) is 24.6 Å². The summed E-state index contributed by atoms with van der Waals surface area (Å²) in [6.45, 7) is 3.27. The molecule has 2 aromatic heterocycles. The number of nitrogens with zero attached hydrogens (tertiary/aromatic N) is 4. The lowest BCUT2D eigenvalue weighted by atomic mass is 9.86. The van der Waals surface area contributed by atoms with E-state index in [4.69, 9.17) is 9.72 Å². The molecule has 1 atom stereocenters. The van der Waals surface area contributed by atoms with Gasteiger partial charge in [0.1, 0.15) is 0 Å². The Labute approximate surface area is 229 Å². The summed E-state index contributed by atoms with van der Waals surface area (Å²) in [6, 6.07) is 18.0. The van der Waals surface area contributed by atoms with Gasteiger partial charge in [0, 0.05) is 36.3 Å². The van der Waals surface area contributed by atoms with Gasteiger partial charge in [0.2, 0.25) is 5.78 Å². The summed E-state index contributed by atoms with van der Waals surface area (Å²) >= 11 is 0. The van der Waals surface area contributed by atoms with Gasteiger partial charge in [-0.15, -0.1) is 0 Å². The molecule has 0 spiro atoms. The Hall–Kier alpha value is -4.15. The van der Waals surface area contributed by atoms with Crippen molar-refractivity contribution < 1.29 is 9.53 Å². The zero-order valence-corrected chi connectivity index (χ0v) is 22.5. The number of ether oxygens (including phenoxy) is 1. The van der Waals surface area contributed by atoms with Gasteiger partial charge in [0.25, 0.3) is 5.91 Å². The maximum absolute atomic E-state index is 12.1. The molecule has 4 aromatic rings. The number of aromatic nitrogens is 3. The standard InChI is InChI=1S/C32H33N5O2/c1-3-7-29(38)36-16-14-26(15-17-36)34-27-13-12-23-18-25(11-10-24(23)19-27)30-31(22-8-5-4-6-9-22)37-21-28(39-2)20-33-32(37)35-30/h4-6,8-11,18,20-21,26-27,34H,12-17,19H2,1-2H3. The molecule has 0 saturated carbocycles. The van der Waals surface area contributed by atoms with Crippen LogP contribution in [-0.2, 0) is 17.6 Å². The molecule has 7 nitrogen and oxygen atoms in total. The molecule has 0 bridgehead atoms. The highest BCUT2D eigenvalue weighted by molar-refractivity contribution is 5.93. The molecule has 6 rings (SSSR count). The smallest absolute Gasteiger partial charge is 0.298 e. The van der Waals surface area contributed by atoms with Crippen LogP contribution in [0.2, 0.25) is 0 Å². The number of fused-ring (bicyclic) bond motifs is 2. The summed E-state index contributed by atoms with van der Waals surface area (Å²) < 4.78 is 7.48. The Bertz CT molecular complexity index is 1560. The zero-order valence-electron chi connectivity index (χ0n) is 22.5. The van der Waals surface area contributed by atoms with Gasteiger partial charge in [0.15, 0.2) is 5.75 Å². The number of carbonyl (C=O) groups is 1. The number of likely N-dealkylation sites (tertiary alicyclic amines) is 1. The predicted octanol–water partition coefficient (Wildman–Crippen LogP) is 4.53. The van der Waals surface area contributed by atoms with Gasteiger partial charge in [-0.05, 0) is 62.1 Å². The summed E-state index contributed by atoms with van der Waals surface area (Å²) in [5.41, 5.74) is 6.94. The average Bonchev–Trinajstić information content (AvgIpc) is 3.36. The number of rotatable bonds is 5. The van der Waals surface area contributed by atoms with E-state index in [2.05, 4.69) is 52.5 Å². The van der Waals surface area contributed by atoms with Crippen LogP contribution in [0.1, 0.15) is 37.3 Å². The van der Waals surface area contributed by atoms with E-state index in [1.165, 1.54) is 11.1 Å². The van der Waals surface area contributed by atoms with E-state index < -0.39 is 0 Å². The highest BCUT2D eigenvalue weighted by Gasteiger charge is 2.26. The highest BCUT2D eigenvalue weighted by atomic mass is 16.5. The molecule has 2 aliphatic rings. The van der Waals surface area contributed by atoms with Gasteiger partial charge in [-0.2, -0.15) is 0 Å². The monoisotopic (exact) mass is 519 g/mol. The summed E-state index contributed by atoms with van der Waals surface area (Å²) in [4.78, 5) is 23.4. The van der Waals surface area contributed by atoms with Crippen LogP contribution >= 0.6 is 0 Å². The fraction of sp³-hybridized carbons (Fsp3) is 0.344. The topological polar surface area (TPSA) is 71.8 Å². The molecule has 198 valence electrons. The number of amides is 1. The summed E-state index contributed by atoms with van der Waals surface area (Å²) in [5, 5.41) is 3.89. The summed E-state index contributed by atoms with van der Waals surface area (Å²) in [6.07, 6.45) is 8.78.